The van der Waals surface area contributed by atoms with Gasteiger partial charge in [0.05, 0.1) is 10.3 Å². The summed E-state index contributed by atoms with van der Waals surface area (Å²) in [6, 6.07) is 15.7. The molecule has 2 aromatic rings. The van der Waals surface area contributed by atoms with Crippen LogP contribution in [-0.2, 0) is 10.2 Å². The average Bonchev–Trinajstić information content (AvgIpc) is 2.73. The van der Waals surface area contributed by atoms with Gasteiger partial charge in [0.15, 0.2) is 0 Å². The fraction of sp³-hybridized carbons (Fsp3) is 0.409. The highest BCUT2D eigenvalue weighted by Crippen LogP contribution is 2.36. The van der Waals surface area contributed by atoms with Crippen LogP contribution in [-0.4, -0.2) is 53.1 Å². The Morgan fingerprint density at radius 2 is 1.79 bits per heavy atom. The molecule has 1 aliphatic rings. The quantitative estimate of drug-likeness (QED) is 0.543. The molecule has 0 spiro atoms. The molecule has 1 heterocycles. The number of ketones is 1. The molecule has 1 saturated heterocycles. The van der Waals surface area contributed by atoms with Crippen molar-refractivity contribution in [3.8, 4) is 5.75 Å². The monoisotopic (exact) mass is 398 g/mol. The maximum atomic E-state index is 12.4. The number of likely N-dealkylation sites (tertiary alicyclic amines) is 1. The molecule has 1 atom stereocenters. The molecule has 2 aromatic carbocycles. The summed E-state index contributed by atoms with van der Waals surface area (Å²) in [5.41, 5.74) is 0.616. The zero-order chi connectivity index (χ0) is 20.9. The number of rotatable bonds is 8. The highest BCUT2D eigenvalue weighted by atomic mass is 16.6. The number of nitro groups is 1. The van der Waals surface area contributed by atoms with Crippen molar-refractivity contribution in [1.82, 2.24) is 4.90 Å². The van der Waals surface area contributed by atoms with Gasteiger partial charge < -0.3 is 14.7 Å². The maximum absolute atomic E-state index is 12.4. The topological polar surface area (TPSA) is 92.9 Å². The molecular formula is C22H26N2O5. The third kappa shape index (κ3) is 4.99. The fourth-order valence-corrected chi connectivity index (χ4v) is 3.93. The van der Waals surface area contributed by atoms with E-state index in [0.29, 0.717) is 12.3 Å². The van der Waals surface area contributed by atoms with Gasteiger partial charge in [0.2, 0.25) is 0 Å². The van der Waals surface area contributed by atoms with Gasteiger partial charge in [-0.15, -0.1) is 0 Å². The summed E-state index contributed by atoms with van der Waals surface area (Å²) in [4.78, 5) is 24.8. The second-order valence-corrected chi connectivity index (χ2v) is 7.52. The Bertz CT molecular complexity index is 830. The van der Waals surface area contributed by atoms with Crippen molar-refractivity contribution in [2.24, 2.45) is 0 Å². The van der Waals surface area contributed by atoms with Crippen LogP contribution in [0.15, 0.2) is 54.6 Å². The zero-order valence-electron chi connectivity index (χ0n) is 16.5. The molecule has 0 bridgehead atoms. The summed E-state index contributed by atoms with van der Waals surface area (Å²) < 4.78 is 5.54. The summed E-state index contributed by atoms with van der Waals surface area (Å²) in [6.07, 6.45) is 0.761. The number of carbonyl (C=O) groups excluding carboxylic acids is 1. The van der Waals surface area contributed by atoms with E-state index in [4.69, 9.17) is 4.74 Å². The van der Waals surface area contributed by atoms with Crippen molar-refractivity contribution in [2.45, 2.75) is 31.3 Å². The van der Waals surface area contributed by atoms with Crippen molar-refractivity contribution in [2.75, 3.05) is 26.2 Å². The number of hydrogen-bond donors (Lipinski definition) is 1. The molecule has 29 heavy (non-hydrogen) atoms. The highest BCUT2D eigenvalue weighted by molar-refractivity contribution is 5.88. The van der Waals surface area contributed by atoms with Crippen LogP contribution in [0.25, 0.3) is 0 Å². The number of carbonyl (C=O) groups is 1. The van der Waals surface area contributed by atoms with E-state index in [1.807, 2.05) is 30.3 Å². The molecule has 1 fully saturated rings. The van der Waals surface area contributed by atoms with Gasteiger partial charge in [-0.3, -0.25) is 14.9 Å². The summed E-state index contributed by atoms with van der Waals surface area (Å²) in [7, 11) is 0. The molecule has 0 radical (unpaired) electrons. The van der Waals surface area contributed by atoms with Crippen LogP contribution in [0.2, 0.25) is 0 Å². The predicted octanol–water partition coefficient (Wildman–Crippen LogP) is 2.96. The van der Waals surface area contributed by atoms with Gasteiger partial charge in [-0.1, -0.05) is 30.3 Å². The number of nitro benzene ring substituents is 1. The van der Waals surface area contributed by atoms with Gasteiger partial charge in [0.25, 0.3) is 5.69 Å². The SMILES string of the molecule is CC(=O)C1(c2ccccc2)CCN(CC(O)COc2ccc([N+](=O)[O-])cc2)CC1. The summed E-state index contributed by atoms with van der Waals surface area (Å²) in [5.74, 6) is 0.665. The lowest BCUT2D eigenvalue weighted by Gasteiger charge is -2.41. The molecule has 3 rings (SSSR count). The van der Waals surface area contributed by atoms with Crippen LogP contribution >= 0.6 is 0 Å². The molecule has 1 aliphatic heterocycles. The number of non-ortho nitro benzene ring substituents is 1. The Balaban J connectivity index is 1.51. The standard InChI is InChI=1S/C22H26N2O5/c1-17(25)22(18-5-3-2-4-6-18)11-13-23(14-12-22)15-20(26)16-29-21-9-7-19(8-10-21)24(27)28/h2-10,20,26H,11-16H2,1H3. The summed E-state index contributed by atoms with van der Waals surface area (Å²) in [6.45, 7) is 3.67. The van der Waals surface area contributed by atoms with Crippen LogP contribution in [0.3, 0.4) is 0 Å². The number of benzene rings is 2. The van der Waals surface area contributed by atoms with E-state index in [-0.39, 0.29) is 18.1 Å². The molecule has 7 nitrogen and oxygen atoms in total. The number of Topliss-reactive ketones (excluding diaryl/α,β-unsaturated/α-hetero) is 1. The van der Waals surface area contributed by atoms with Crippen LogP contribution in [0.4, 0.5) is 5.69 Å². The minimum atomic E-state index is -0.688. The van der Waals surface area contributed by atoms with Crippen molar-refractivity contribution < 1.29 is 19.6 Å². The normalized spacial score (nSPS) is 17.4. The van der Waals surface area contributed by atoms with Crippen molar-refractivity contribution in [1.29, 1.82) is 0 Å². The molecule has 0 saturated carbocycles. The van der Waals surface area contributed by atoms with Crippen molar-refractivity contribution >= 4 is 11.5 Å². The molecule has 0 aliphatic carbocycles. The third-order valence-electron chi connectivity index (χ3n) is 5.67. The lowest BCUT2D eigenvalue weighted by atomic mass is 9.70. The Hall–Kier alpha value is -2.77. The van der Waals surface area contributed by atoms with Crippen LogP contribution in [0.1, 0.15) is 25.3 Å². The van der Waals surface area contributed by atoms with E-state index in [9.17, 15) is 20.0 Å². The number of β-amino-alcohol motifs (C(OH)–C–C–N with tert-alkyl or cyclic N) is 1. The molecule has 0 amide bonds. The zero-order valence-corrected chi connectivity index (χ0v) is 16.5. The van der Waals surface area contributed by atoms with Gasteiger partial charge in [0, 0.05) is 18.7 Å². The summed E-state index contributed by atoms with van der Waals surface area (Å²) >= 11 is 0. The smallest absolute Gasteiger partial charge is 0.269 e. The van der Waals surface area contributed by atoms with Gasteiger partial charge >= 0.3 is 0 Å². The molecule has 1 unspecified atom stereocenters. The van der Waals surface area contributed by atoms with E-state index < -0.39 is 16.4 Å². The first-order valence-electron chi connectivity index (χ1n) is 9.75. The van der Waals surface area contributed by atoms with E-state index in [1.54, 1.807) is 6.92 Å². The predicted molar refractivity (Wildman–Crippen MR) is 109 cm³/mol. The molecule has 0 aromatic heterocycles. The van der Waals surface area contributed by atoms with Gasteiger partial charge in [-0.2, -0.15) is 0 Å². The minimum Gasteiger partial charge on any atom is -0.491 e. The van der Waals surface area contributed by atoms with Crippen LogP contribution in [0.5, 0.6) is 5.75 Å². The number of nitrogens with zero attached hydrogens (tertiary/aromatic N) is 2. The third-order valence-corrected chi connectivity index (χ3v) is 5.67. The molecular weight excluding hydrogens is 372 g/mol. The lowest BCUT2D eigenvalue weighted by Crippen LogP contribution is -2.48. The second kappa shape index (κ2) is 9.15. The molecule has 154 valence electrons. The van der Waals surface area contributed by atoms with E-state index >= 15 is 0 Å². The minimum absolute atomic E-state index is 0.00131. The average molecular weight is 398 g/mol. The van der Waals surface area contributed by atoms with E-state index in [2.05, 4.69) is 4.90 Å². The summed E-state index contributed by atoms with van der Waals surface area (Å²) in [5, 5.41) is 21.0. The van der Waals surface area contributed by atoms with Gasteiger partial charge in [-0.05, 0) is 50.6 Å². The number of aliphatic hydroxyl groups excluding tert-OH is 1. The second-order valence-electron chi connectivity index (χ2n) is 7.52. The Labute approximate surface area is 170 Å². The number of ether oxygens (including phenoxy) is 1. The lowest BCUT2D eigenvalue weighted by molar-refractivity contribution is -0.384. The van der Waals surface area contributed by atoms with Gasteiger partial charge in [-0.25, -0.2) is 0 Å². The van der Waals surface area contributed by atoms with Crippen molar-refractivity contribution in [3.05, 3.63) is 70.3 Å². The Morgan fingerprint density at radius 1 is 1.17 bits per heavy atom. The first-order chi connectivity index (χ1) is 13.9. The van der Waals surface area contributed by atoms with E-state index in [0.717, 1.165) is 31.5 Å². The maximum Gasteiger partial charge on any atom is 0.269 e. The molecule has 7 heteroatoms. The number of aliphatic hydroxyl groups is 1. The number of hydrogen-bond acceptors (Lipinski definition) is 6. The Kier molecular flexibility index (Phi) is 6.61. The first-order valence-corrected chi connectivity index (χ1v) is 9.75. The fourth-order valence-electron chi connectivity index (χ4n) is 3.93. The van der Waals surface area contributed by atoms with E-state index in [1.165, 1.54) is 24.3 Å². The molecule has 1 N–H and O–H groups in total. The largest absolute Gasteiger partial charge is 0.491 e. The highest BCUT2D eigenvalue weighted by Gasteiger charge is 2.40. The van der Waals surface area contributed by atoms with Crippen LogP contribution < -0.4 is 4.74 Å². The number of piperidine rings is 1. The Morgan fingerprint density at radius 3 is 2.34 bits per heavy atom. The van der Waals surface area contributed by atoms with Crippen LogP contribution in [0, 0.1) is 10.1 Å². The van der Waals surface area contributed by atoms with Crippen molar-refractivity contribution in [3.63, 3.8) is 0 Å². The van der Waals surface area contributed by atoms with Gasteiger partial charge in [0.1, 0.15) is 24.2 Å². The first kappa shape index (κ1) is 21.0.